The summed E-state index contributed by atoms with van der Waals surface area (Å²) in [6, 6.07) is 0. The van der Waals surface area contributed by atoms with Crippen LogP contribution in [0.5, 0.6) is 0 Å². The third-order valence-corrected chi connectivity index (χ3v) is 4.26. The molecule has 0 aliphatic heterocycles. The minimum atomic E-state index is 0. The highest BCUT2D eigenvalue weighted by Crippen LogP contribution is 2.29. The zero-order chi connectivity index (χ0) is 15.3. The zero-order valence-electron chi connectivity index (χ0n) is 13.8. The van der Waals surface area contributed by atoms with Crippen molar-refractivity contribution in [2.75, 3.05) is 0 Å². The van der Waals surface area contributed by atoms with Crippen molar-refractivity contribution in [1.82, 2.24) is 0 Å². The Morgan fingerprint density at radius 1 is 0.522 bits per heavy atom. The maximum absolute atomic E-state index is 4.00. The largest absolute Gasteiger partial charge is 0.124 e. The van der Waals surface area contributed by atoms with Crippen molar-refractivity contribution in [3.63, 3.8) is 0 Å². The van der Waals surface area contributed by atoms with Gasteiger partial charge in [-0.25, -0.2) is 0 Å². The molecule has 0 aromatic heterocycles. The molecule has 0 amide bonds. The summed E-state index contributed by atoms with van der Waals surface area (Å²) in [6.07, 6.45) is 18.3. The van der Waals surface area contributed by atoms with Crippen LogP contribution in [0.3, 0.4) is 0 Å². The van der Waals surface area contributed by atoms with Crippen molar-refractivity contribution in [3.8, 4) is 12.8 Å². The van der Waals surface area contributed by atoms with E-state index in [1.807, 2.05) is 0 Å². The van der Waals surface area contributed by atoms with Crippen LogP contribution >= 0.6 is 0 Å². The fourth-order valence-corrected chi connectivity index (χ4v) is 2.92. The molecule has 0 aromatic carbocycles. The minimum absolute atomic E-state index is 0. The van der Waals surface area contributed by atoms with Crippen molar-refractivity contribution in [1.29, 1.82) is 0 Å². The van der Waals surface area contributed by atoms with Gasteiger partial charge in [-0.3, -0.25) is 0 Å². The molecule has 144 valence electrons. The first kappa shape index (κ1) is 38.1. The quantitative estimate of drug-likeness (QED) is 0.307. The van der Waals surface area contributed by atoms with Crippen LogP contribution in [0.4, 0.5) is 0 Å². The van der Waals surface area contributed by atoms with E-state index >= 15 is 0 Å². The maximum Gasteiger partial charge on any atom is -0.0440 e. The topological polar surface area (TPSA) is 0 Å². The average Bonchev–Trinajstić information content (AvgIpc) is 2.82. The highest BCUT2D eigenvalue weighted by atomic mass is 14.2. The Bertz CT molecular complexity index is 177. The van der Waals surface area contributed by atoms with Crippen LogP contribution in [-0.4, -0.2) is 0 Å². The molecule has 0 heterocycles. The van der Waals surface area contributed by atoms with Gasteiger partial charge in [-0.15, -0.1) is 26.0 Å². The van der Waals surface area contributed by atoms with Gasteiger partial charge in [-0.05, 0) is 30.1 Å². The van der Waals surface area contributed by atoms with Gasteiger partial charge in [0.15, 0.2) is 0 Å². The molecular formula is C23H52. The first-order valence-electron chi connectivity index (χ1n) is 7.91. The van der Waals surface area contributed by atoms with E-state index in [-0.39, 0.29) is 29.7 Å². The molecule has 0 nitrogen and oxygen atoms in total. The molecule has 23 heavy (non-hydrogen) atoms. The molecule has 0 aromatic rings. The second-order valence-corrected chi connectivity index (χ2v) is 6.39. The van der Waals surface area contributed by atoms with Crippen molar-refractivity contribution < 1.29 is 0 Å². The monoisotopic (exact) mass is 328 g/mol. The Labute approximate surface area is 152 Å². The van der Waals surface area contributed by atoms with Gasteiger partial charge < -0.3 is 0 Å². The van der Waals surface area contributed by atoms with E-state index in [0.717, 1.165) is 23.7 Å². The summed E-state index contributed by atoms with van der Waals surface area (Å²) < 4.78 is 0. The second kappa shape index (κ2) is 26.2. The molecule has 0 bridgehead atoms. The van der Waals surface area contributed by atoms with Gasteiger partial charge in [0.2, 0.25) is 0 Å². The Hall–Kier alpha value is -0.700. The predicted octanol–water partition coefficient (Wildman–Crippen LogP) is 8.87. The minimum Gasteiger partial charge on any atom is -0.124 e. The SMILES string of the molecule is C.C.C.C.C#C.C=C.CC1CCC(C)C1.CC1CCC(C)CC1. The van der Waals surface area contributed by atoms with Crippen molar-refractivity contribution in [2.24, 2.45) is 23.7 Å². The van der Waals surface area contributed by atoms with Crippen LogP contribution in [0.15, 0.2) is 13.2 Å². The van der Waals surface area contributed by atoms with E-state index in [0.29, 0.717) is 0 Å². The van der Waals surface area contributed by atoms with Crippen molar-refractivity contribution in [2.45, 2.75) is 102 Å². The lowest BCUT2D eigenvalue weighted by Crippen LogP contribution is -2.08. The lowest BCUT2D eigenvalue weighted by molar-refractivity contribution is 0.308. The van der Waals surface area contributed by atoms with E-state index in [1.54, 1.807) is 0 Å². The third kappa shape index (κ3) is 23.7. The molecular weight excluding hydrogens is 276 g/mol. The molecule has 2 atom stereocenters. The Morgan fingerprint density at radius 3 is 0.826 bits per heavy atom. The first-order valence-corrected chi connectivity index (χ1v) is 7.91. The van der Waals surface area contributed by atoms with Gasteiger partial charge >= 0.3 is 0 Å². The normalized spacial score (nSPS) is 26.9. The number of hydrogen-bond acceptors (Lipinski definition) is 0. The van der Waals surface area contributed by atoms with Crippen LogP contribution in [0, 0.1) is 36.5 Å². The molecule has 2 saturated carbocycles. The highest BCUT2D eigenvalue weighted by molar-refractivity contribution is 4.68. The molecule has 2 aliphatic carbocycles. The van der Waals surface area contributed by atoms with Gasteiger partial charge in [0.05, 0.1) is 0 Å². The average molecular weight is 329 g/mol. The fourth-order valence-electron chi connectivity index (χ4n) is 2.92. The van der Waals surface area contributed by atoms with Crippen molar-refractivity contribution >= 4 is 0 Å². The van der Waals surface area contributed by atoms with Crippen molar-refractivity contribution in [3.05, 3.63) is 13.2 Å². The molecule has 0 spiro atoms. The summed E-state index contributed by atoms with van der Waals surface area (Å²) in [7, 11) is 0. The van der Waals surface area contributed by atoms with Crippen LogP contribution in [0.1, 0.15) is 102 Å². The van der Waals surface area contributed by atoms with E-state index < -0.39 is 0 Å². The van der Waals surface area contributed by atoms with Gasteiger partial charge in [0.1, 0.15) is 0 Å². The number of rotatable bonds is 0. The second-order valence-electron chi connectivity index (χ2n) is 6.39. The Morgan fingerprint density at radius 2 is 0.696 bits per heavy atom. The molecule has 2 rings (SSSR count). The van der Waals surface area contributed by atoms with E-state index in [2.05, 4.69) is 53.7 Å². The van der Waals surface area contributed by atoms with Crippen LogP contribution < -0.4 is 0 Å². The maximum atomic E-state index is 4.00. The molecule has 0 radical (unpaired) electrons. The summed E-state index contributed by atoms with van der Waals surface area (Å²) in [5, 5.41) is 0. The van der Waals surface area contributed by atoms with Gasteiger partial charge in [-0.2, -0.15) is 0 Å². The van der Waals surface area contributed by atoms with Crippen LogP contribution in [-0.2, 0) is 0 Å². The smallest absolute Gasteiger partial charge is 0.0440 e. The molecule has 0 saturated heterocycles. The highest BCUT2D eigenvalue weighted by Gasteiger charge is 2.16. The van der Waals surface area contributed by atoms with Gasteiger partial charge in [0.25, 0.3) is 0 Å². The Kier molecular flexibility index (Phi) is 43.4. The number of terminal acetylenes is 1. The molecule has 2 fully saturated rings. The molecule has 2 unspecified atom stereocenters. The first-order chi connectivity index (χ1) is 9.08. The summed E-state index contributed by atoms with van der Waals surface area (Å²) in [5.41, 5.74) is 0. The van der Waals surface area contributed by atoms with Crippen LogP contribution in [0.2, 0.25) is 0 Å². The van der Waals surface area contributed by atoms with E-state index in [4.69, 9.17) is 0 Å². The van der Waals surface area contributed by atoms with Gasteiger partial charge in [-0.1, -0.05) is 95.9 Å². The predicted molar refractivity (Wildman–Crippen MR) is 117 cm³/mol. The standard InChI is InChI=1S/C8H16.C7H14.C2H4.C2H2.4CH4/c1-7-3-5-8(2)6-4-7;1-6-3-4-7(2)5-6;2*1-2;;;;/h7-8H,3-6H2,1-2H3;6-7H,3-5H2,1-2H3;1-2H2;1-2H;4*1H4. The molecule has 0 N–H and O–H groups in total. The summed E-state index contributed by atoms with van der Waals surface area (Å²) >= 11 is 0. The lowest BCUT2D eigenvalue weighted by atomic mass is 9.84. The number of hydrogen-bond donors (Lipinski definition) is 0. The summed E-state index contributed by atoms with van der Waals surface area (Å²) in [4.78, 5) is 0. The van der Waals surface area contributed by atoms with Gasteiger partial charge in [0, 0.05) is 0 Å². The Balaban J connectivity index is -0.0000000453. The van der Waals surface area contributed by atoms with E-state index in [9.17, 15) is 0 Å². The molecule has 0 heteroatoms. The zero-order valence-corrected chi connectivity index (χ0v) is 13.8. The molecule has 2 aliphatic rings. The van der Waals surface area contributed by atoms with E-state index in [1.165, 1.54) is 44.9 Å². The van der Waals surface area contributed by atoms with Crippen LogP contribution in [0.25, 0.3) is 0 Å². The lowest BCUT2D eigenvalue weighted by Gasteiger charge is -2.22. The summed E-state index contributed by atoms with van der Waals surface area (Å²) in [5.74, 6) is 4.09. The summed E-state index contributed by atoms with van der Waals surface area (Å²) in [6.45, 7) is 15.4. The third-order valence-electron chi connectivity index (χ3n) is 4.26. The fraction of sp³-hybridized carbons (Fsp3) is 0.826.